The molecule has 0 aromatic heterocycles. The minimum atomic E-state index is -0.341. The first kappa shape index (κ1) is 19.7. The maximum atomic E-state index is 13.3. The van der Waals surface area contributed by atoms with Gasteiger partial charge in [0.2, 0.25) is 0 Å². The smallest absolute Gasteiger partial charge is 0.199 e. The summed E-state index contributed by atoms with van der Waals surface area (Å²) in [5.41, 5.74) is 2.80. The molecule has 0 saturated carbocycles. The van der Waals surface area contributed by atoms with E-state index in [1.54, 1.807) is 18.2 Å². The Hall–Kier alpha value is -3.04. The van der Waals surface area contributed by atoms with E-state index in [0.717, 1.165) is 5.56 Å². The Kier molecular flexibility index (Phi) is 6.51. The molecule has 0 bridgehead atoms. The van der Waals surface area contributed by atoms with Gasteiger partial charge in [-0.2, -0.15) is 10.5 Å². The van der Waals surface area contributed by atoms with Gasteiger partial charge in [-0.1, -0.05) is 91.0 Å². The minimum Gasteiger partial charge on any atom is -0.289 e. The van der Waals surface area contributed by atoms with Gasteiger partial charge in [0, 0.05) is 16.7 Å². The van der Waals surface area contributed by atoms with Crippen LogP contribution < -0.4 is 0 Å². The summed E-state index contributed by atoms with van der Waals surface area (Å²) in [5, 5.41) is 0. The second-order valence-corrected chi connectivity index (χ2v) is 8.54. The third-order valence-electron chi connectivity index (χ3n) is 4.31. The van der Waals surface area contributed by atoms with Gasteiger partial charge in [0.15, 0.2) is 11.6 Å². The molecule has 0 radical (unpaired) electrons. The summed E-state index contributed by atoms with van der Waals surface area (Å²) < 4.78 is 0. The van der Waals surface area contributed by atoms with E-state index in [0.29, 0.717) is 21.6 Å². The molecule has 0 unspecified atom stereocenters. The van der Waals surface area contributed by atoms with E-state index >= 15 is 0 Å². The average Bonchev–Trinajstić information content (AvgIpc) is 2.74. The Bertz CT molecular complexity index is 1030. The Morgan fingerprint density at radius 2 is 1.07 bits per heavy atom. The van der Waals surface area contributed by atoms with Gasteiger partial charge in [-0.05, 0) is 24.2 Å². The lowest BCUT2D eigenvalue weighted by Crippen LogP contribution is -2.17. The zero-order valence-electron chi connectivity index (χ0n) is 16.0. The van der Waals surface area contributed by atoms with Crippen molar-refractivity contribution < 1.29 is 9.59 Å². The van der Waals surface area contributed by atoms with E-state index in [2.05, 4.69) is 0 Å². The van der Waals surface area contributed by atoms with Crippen molar-refractivity contribution in [1.82, 2.24) is 0 Å². The number of carbonyl (C=O) groups is 2. The summed E-state index contributed by atoms with van der Waals surface area (Å²) in [7, 11) is -0.341. The van der Waals surface area contributed by atoms with Crippen LogP contribution in [0.25, 0.3) is 5.57 Å². The molecule has 2 nitrogen and oxygen atoms in total. The van der Waals surface area contributed by atoms with Crippen molar-refractivity contribution >= 4 is 32.5 Å². The lowest BCUT2D eigenvalue weighted by Gasteiger charge is -2.15. The van der Waals surface area contributed by atoms with Crippen LogP contribution in [0.15, 0.2) is 97.1 Å². The van der Waals surface area contributed by atoms with Crippen LogP contribution in [-0.4, -0.2) is 28.9 Å². The predicted octanol–water partition coefficient (Wildman–Crippen LogP) is 5.54. The molecule has 0 saturated heterocycles. The average molecular weight is 387 g/mol. The maximum absolute atomic E-state index is 13.3. The van der Waals surface area contributed by atoms with Gasteiger partial charge in [-0.15, -0.1) is 0 Å². The maximum Gasteiger partial charge on any atom is 0.199 e. The molecule has 3 aromatic rings. The minimum absolute atomic E-state index is 0.0371. The first-order valence-electron chi connectivity index (χ1n) is 8.99. The number of Topliss-reactive ketones (excluding diaryl/α,β-unsaturated/α-hetero) is 1. The molecule has 0 atom stereocenters. The lowest BCUT2D eigenvalue weighted by atomic mass is 9.95. The van der Waals surface area contributed by atoms with E-state index in [1.165, 1.54) is 0 Å². The number of allylic oxidation sites excluding steroid dienone is 2. The van der Waals surface area contributed by atoms with Crippen molar-refractivity contribution in [3.05, 3.63) is 114 Å². The van der Waals surface area contributed by atoms with Gasteiger partial charge < -0.3 is 0 Å². The topological polar surface area (TPSA) is 34.1 Å². The molecule has 0 N–H and O–H groups in total. The zero-order chi connectivity index (χ0) is 19.9. The number of carbonyl (C=O) groups excluding carboxylic acids is 2. The second-order valence-electron chi connectivity index (χ2n) is 6.50. The highest BCUT2D eigenvalue weighted by atomic mass is 32.2. The van der Waals surface area contributed by atoms with Gasteiger partial charge in [-0.3, -0.25) is 9.59 Å². The number of hydrogen-bond acceptors (Lipinski definition) is 2. The number of ketones is 2. The Balaban J connectivity index is 2.15. The summed E-state index contributed by atoms with van der Waals surface area (Å²) >= 11 is 0. The molecular formula is C25H22O2S. The fourth-order valence-corrected chi connectivity index (χ4v) is 4.07. The van der Waals surface area contributed by atoms with E-state index in [9.17, 15) is 9.59 Å². The van der Waals surface area contributed by atoms with Crippen molar-refractivity contribution in [2.45, 2.75) is 0 Å². The molecule has 0 heterocycles. The fourth-order valence-electron chi connectivity index (χ4n) is 2.96. The van der Waals surface area contributed by atoms with Crippen molar-refractivity contribution in [1.29, 1.82) is 0 Å². The van der Waals surface area contributed by atoms with E-state index < -0.39 is 0 Å². The van der Waals surface area contributed by atoms with Crippen LogP contribution in [0.3, 0.4) is 0 Å². The summed E-state index contributed by atoms with van der Waals surface area (Å²) in [5.74, 6) is -0.145. The van der Waals surface area contributed by atoms with Crippen LogP contribution in [-0.2, 0) is 0 Å². The van der Waals surface area contributed by atoms with Gasteiger partial charge in [0.05, 0.1) is 4.86 Å². The van der Waals surface area contributed by atoms with E-state index in [1.807, 2.05) is 91.4 Å². The number of rotatable bonds is 6. The molecule has 28 heavy (non-hydrogen) atoms. The van der Waals surface area contributed by atoms with Gasteiger partial charge >= 0.3 is 0 Å². The molecule has 0 amide bonds. The molecule has 0 spiro atoms. The van der Waals surface area contributed by atoms with E-state index in [4.69, 9.17) is 0 Å². The molecule has 0 aliphatic rings. The lowest BCUT2D eigenvalue weighted by molar-refractivity contribution is 0.104. The normalized spacial score (nSPS) is 11.3. The monoisotopic (exact) mass is 386 g/mol. The van der Waals surface area contributed by atoms with Crippen LogP contribution in [0.2, 0.25) is 0 Å². The Morgan fingerprint density at radius 3 is 1.54 bits per heavy atom. The third-order valence-corrected chi connectivity index (χ3v) is 5.54. The molecule has 0 aliphatic heterocycles. The fraction of sp³-hybridized carbons (Fsp3) is 0.0800. The van der Waals surface area contributed by atoms with E-state index in [-0.39, 0.29) is 22.1 Å². The van der Waals surface area contributed by atoms with Crippen molar-refractivity contribution in [3.8, 4) is 0 Å². The molecule has 3 rings (SSSR count). The first-order valence-corrected chi connectivity index (χ1v) is 11.0. The Morgan fingerprint density at radius 1 is 0.643 bits per heavy atom. The summed E-state index contributed by atoms with van der Waals surface area (Å²) in [6, 6.07) is 28.0. The predicted molar refractivity (Wildman–Crippen MR) is 120 cm³/mol. The molecule has 0 fully saturated rings. The van der Waals surface area contributed by atoms with Gasteiger partial charge in [0.1, 0.15) is 0 Å². The Labute approximate surface area is 168 Å². The number of hydrogen-bond donors (Lipinski definition) is 0. The molecule has 0 aliphatic carbocycles. The summed E-state index contributed by atoms with van der Waals surface area (Å²) in [6.07, 6.45) is 5.63. The molecular weight excluding hydrogens is 364 g/mol. The van der Waals surface area contributed by atoms with Crippen LogP contribution in [0.1, 0.15) is 26.3 Å². The third kappa shape index (κ3) is 4.62. The molecule has 140 valence electrons. The largest absolute Gasteiger partial charge is 0.289 e. The van der Waals surface area contributed by atoms with Crippen LogP contribution in [0, 0.1) is 0 Å². The summed E-state index contributed by atoms with van der Waals surface area (Å²) in [6.45, 7) is 0. The highest BCUT2D eigenvalue weighted by molar-refractivity contribution is 8.16. The van der Waals surface area contributed by atoms with Crippen molar-refractivity contribution in [3.63, 3.8) is 0 Å². The van der Waals surface area contributed by atoms with Crippen LogP contribution in [0.4, 0.5) is 0 Å². The van der Waals surface area contributed by atoms with Crippen molar-refractivity contribution in [2.75, 3.05) is 12.5 Å². The van der Waals surface area contributed by atoms with Crippen LogP contribution in [0.5, 0.6) is 0 Å². The van der Waals surface area contributed by atoms with Crippen molar-refractivity contribution in [2.24, 2.45) is 0 Å². The van der Waals surface area contributed by atoms with Gasteiger partial charge in [0.25, 0.3) is 0 Å². The number of benzene rings is 3. The quantitative estimate of drug-likeness (QED) is 0.317. The first-order chi connectivity index (χ1) is 13.6. The second kappa shape index (κ2) is 9.25. The van der Waals surface area contributed by atoms with Crippen LogP contribution >= 0.6 is 10.5 Å². The molecule has 3 heteroatoms. The highest BCUT2D eigenvalue weighted by Gasteiger charge is 2.20. The summed E-state index contributed by atoms with van der Waals surface area (Å²) in [4.78, 5) is 26.9. The SMILES string of the molecule is CS(C)=C(C(=O)c1ccccc1)C(=CC(=O)c1ccccc1)c1ccccc1. The molecule has 3 aromatic carbocycles. The highest BCUT2D eigenvalue weighted by Crippen LogP contribution is 2.25. The van der Waals surface area contributed by atoms with Gasteiger partial charge in [-0.25, -0.2) is 0 Å². The standard InChI is InChI=1S/C25H22O2S/c1-28(2)25(24(27)21-16-10-5-11-17-21)22(19-12-6-3-7-13-19)18-23(26)20-14-8-4-9-15-20/h3-18H,1-2H3. The zero-order valence-corrected chi connectivity index (χ0v) is 16.8.